The van der Waals surface area contributed by atoms with Gasteiger partial charge in [0.15, 0.2) is 5.78 Å². The van der Waals surface area contributed by atoms with E-state index in [4.69, 9.17) is 11.6 Å². The number of carbonyl (C=O) groups excluding carboxylic acids is 2. The van der Waals surface area contributed by atoms with Crippen LogP contribution in [0.1, 0.15) is 20.3 Å². The molecule has 0 aromatic rings. The molecule has 0 bridgehead atoms. The molecule has 0 aliphatic rings. The van der Waals surface area contributed by atoms with Crippen molar-refractivity contribution in [2.75, 3.05) is 6.61 Å². The van der Waals surface area contributed by atoms with Crippen LogP contribution in [0.25, 0.3) is 0 Å². The Hall–Kier alpha value is -0.830. The van der Waals surface area contributed by atoms with Crippen LogP contribution in [-0.2, 0) is 14.3 Å². The second-order valence-corrected chi connectivity index (χ2v) is 3.22. The molecular weight excluding hydrogens is 192 g/mol. The fourth-order valence-electron chi connectivity index (χ4n) is 0.815. The van der Waals surface area contributed by atoms with Gasteiger partial charge in [0, 0.05) is 6.42 Å². The zero-order chi connectivity index (χ0) is 10.5. The molecule has 74 valence electrons. The Labute approximate surface area is 82.7 Å². The Kier molecular flexibility index (Phi) is 4.70. The van der Waals surface area contributed by atoms with Crippen molar-refractivity contribution < 1.29 is 14.3 Å². The topological polar surface area (TPSA) is 43.4 Å². The molecule has 0 aromatic carbocycles. The molecule has 0 saturated carbocycles. The average Bonchev–Trinajstić information content (AvgIpc) is 2.04. The van der Waals surface area contributed by atoms with E-state index in [9.17, 15) is 9.59 Å². The molecule has 0 aromatic heterocycles. The van der Waals surface area contributed by atoms with Gasteiger partial charge in [-0.3, -0.25) is 4.79 Å². The van der Waals surface area contributed by atoms with Crippen molar-refractivity contribution >= 4 is 23.4 Å². The summed E-state index contributed by atoms with van der Waals surface area (Å²) in [6.07, 6.45) is 1.51. The molecule has 0 radical (unpaired) electrons. The minimum absolute atomic E-state index is 0.0860. The first kappa shape index (κ1) is 12.2. The molecule has 0 heterocycles. The number of Topliss-reactive ketones (excluding diaryl/α,β-unsaturated/α-hetero) is 1. The zero-order valence-electron chi connectivity index (χ0n) is 7.80. The van der Waals surface area contributed by atoms with E-state index in [2.05, 4.69) is 11.3 Å². The third-order valence-corrected chi connectivity index (χ3v) is 2.16. The average molecular weight is 205 g/mol. The number of carbonyl (C=O) groups is 2. The first-order valence-electron chi connectivity index (χ1n) is 3.97. The predicted molar refractivity (Wildman–Crippen MR) is 50.7 cm³/mol. The van der Waals surface area contributed by atoms with E-state index in [-0.39, 0.29) is 13.0 Å². The summed E-state index contributed by atoms with van der Waals surface area (Å²) in [5, 5.41) is 0. The van der Waals surface area contributed by atoms with Crippen LogP contribution in [0, 0.1) is 0 Å². The normalized spacial score (nSPS) is 14.4. The molecule has 13 heavy (non-hydrogen) atoms. The van der Waals surface area contributed by atoms with Crippen molar-refractivity contribution in [3.8, 4) is 0 Å². The van der Waals surface area contributed by atoms with Gasteiger partial charge < -0.3 is 4.74 Å². The highest BCUT2D eigenvalue weighted by Crippen LogP contribution is 2.23. The summed E-state index contributed by atoms with van der Waals surface area (Å²) in [5.41, 5.74) is 0. The minimum atomic E-state index is -1.59. The summed E-state index contributed by atoms with van der Waals surface area (Å²) in [7, 11) is 0. The molecule has 3 nitrogen and oxygen atoms in total. The molecule has 0 spiro atoms. The molecule has 0 amide bonds. The molecule has 1 unspecified atom stereocenters. The lowest BCUT2D eigenvalue weighted by atomic mass is 10.0. The van der Waals surface area contributed by atoms with Crippen LogP contribution in [0.3, 0.4) is 0 Å². The molecular formula is C9H13ClO3. The van der Waals surface area contributed by atoms with Gasteiger partial charge in [0.1, 0.15) is 0 Å². The molecule has 0 aliphatic heterocycles. The second kappa shape index (κ2) is 5.02. The van der Waals surface area contributed by atoms with Crippen LogP contribution in [0.5, 0.6) is 0 Å². The minimum Gasteiger partial charge on any atom is -0.464 e. The number of hydrogen-bond donors (Lipinski definition) is 0. The molecule has 4 heteroatoms. The van der Waals surface area contributed by atoms with Crippen molar-refractivity contribution in [2.45, 2.75) is 25.1 Å². The number of halogens is 1. The second-order valence-electron chi connectivity index (χ2n) is 2.57. The van der Waals surface area contributed by atoms with Crippen LogP contribution in [0.4, 0.5) is 0 Å². The smallest absolute Gasteiger partial charge is 0.335 e. The SMILES string of the molecule is C=CCC(Cl)(C(C)=O)C(=O)OCC. The van der Waals surface area contributed by atoms with E-state index >= 15 is 0 Å². The lowest BCUT2D eigenvalue weighted by Crippen LogP contribution is -2.40. The maximum atomic E-state index is 11.3. The van der Waals surface area contributed by atoms with E-state index in [0.29, 0.717) is 0 Å². The van der Waals surface area contributed by atoms with E-state index in [1.54, 1.807) is 6.92 Å². The summed E-state index contributed by atoms with van der Waals surface area (Å²) < 4.78 is 4.68. The number of ketones is 1. The maximum Gasteiger partial charge on any atom is 0.335 e. The Morgan fingerprint density at radius 2 is 2.15 bits per heavy atom. The van der Waals surface area contributed by atoms with E-state index in [0.717, 1.165) is 0 Å². The number of ether oxygens (including phenoxy) is 1. The van der Waals surface area contributed by atoms with Gasteiger partial charge >= 0.3 is 5.97 Å². The Balaban J connectivity index is 4.67. The largest absolute Gasteiger partial charge is 0.464 e. The monoisotopic (exact) mass is 204 g/mol. The van der Waals surface area contributed by atoms with Crippen LogP contribution in [0.15, 0.2) is 12.7 Å². The molecule has 0 saturated heterocycles. The molecule has 0 fully saturated rings. The van der Waals surface area contributed by atoms with Gasteiger partial charge in [-0.2, -0.15) is 0 Å². The van der Waals surface area contributed by atoms with Gasteiger partial charge in [-0.25, -0.2) is 4.79 Å². The fraction of sp³-hybridized carbons (Fsp3) is 0.556. The van der Waals surface area contributed by atoms with E-state index < -0.39 is 16.6 Å². The first-order chi connectivity index (χ1) is 5.99. The van der Waals surface area contributed by atoms with Crippen molar-refractivity contribution in [3.05, 3.63) is 12.7 Å². The summed E-state index contributed by atoms with van der Waals surface area (Å²) >= 11 is 5.81. The third kappa shape index (κ3) is 2.84. The number of hydrogen-bond acceptors (Lipinski definition) is 3. The maximum absolute atomic E-state index is 11.3. The molecule has 1 atom stereocenters. The number of rotatable bonds is 5. The summed E-state index contributed by atoms with van der Waals surface area (Å²) in [6.45, 7) is 6.55. The van der Waals surface area contributed by atoms with E-state index in [1.165, 1.54) is 13.0 Å². The van der Waals surface area contributed by atoms with Gasteiger partial charge in [-0.15, -0.1) is 6.58 Å². The standard InChI is InChI=1S/C9H13ClO3/c1-4-6-9(10,7(3)11)8(12)13-5-2/h4H,1,5-6H2,2-3H3. The fourth-order valence-corrected chi connectivity index (χ4v) is 0.979. The Morgan fingerprint density at radius 3 is 2.46 bits per heavy atom. The van der Waals surface area contributed by atoms with Crippen LogP contribution in [-0.4, -0.2) is 23.2 Å². The third-order valence-electron chi connectivity index (χ3n) is 1.58. The predicted octanol–water partition coefficient (Wildman–Crippen LogP) is 1.69. The number of esters is 1. The number of alkyl halides is 1. The van der Waals surface area contributed by atoms with Crippen molar-refractivity contribution in [1.82, 2.24) is 0 Å². The van der Waals surface area contributed by atoms with Gasteiger partial charge in [0.05, 0.1) is 6.61 Å². The molecule has 0 rings (SSSR count). The van der Waals surface area contributed by atoms with Crippen molar-refractivity contribution in [1.29, 1.82) is 0 Å². The highest BCUT2D eigenvalue weighted by molar-refractivity contribution is 6.45. The zero-order valence-corrected chi connectivity index (χ0v) is 8.56. The highest BCUT2D eigenvalue weighted by atomic mass is 35.5. The highest BCUT2D eigenvalue weighted by Gasteiger charge is 2.41. The lowest BCUT2D eigenvalue weighted by Gasteiger charge is -2.19. The lowest BCUT2D eigenvalue weighted by molar-refractivity contribution is -0.149. The Bertz CT molecular complexity index is 225. The van der Waals surface area contributed by atoms with Crippen molar-refractivity contribution in [2.24, 2.45) is 0 Å². The van der Waals surface area contributed by atoms with Crippen molar-refractivity contribution in [3.63, 3.8) is 0 Å². The summed E-state index contributed by atoms with van der Waals surface area (Å²) in [6, 6.07) is 0. The van der Waals surface area contributed by atoms with Crippen LogP contribution < -0.4 is 0 Å². The van der Waals surface area contributed by atoms with E-state index in [1.807, 2.05) is 0 Å². The summed E-state index contributed by atoms with van der Waals surface area (Å²) in [4.78, 5) is 20.8. The first-order valence-corrected chi connectivity index (χ1v) is 4.35. The Morgan fingerprint density at radius 1 is 1.62 bits per heavy atom. The van der Waals surface area contributed by atoms with Gasteiger partial charge in [0.2, 0.25) is 4.87 Å². The van der Waals surface area contributed by atoms with Gasteiger partial charge in [-0.1, -0.05) is 17.7 Å². The number of allylic oxidation sites excluding steroid dienone is 1. The van der Waals surface area contributed by atoms with Gasteiger partial charge in [-0.05, 0) is 13.8 Å². The van der Waals surface area contributed by atoms with Gasteiger partial charge in [0.25, 0.3) is 0 Å². The molecule has 0 aliphatic carbocycles. The quantitative estimate of drug-likeness (QED) is 0.296. The molecule has 0 N–H and O–H groups in total. The van der Waals surface area contributed by atoms with Crippen LogP contribution >= 0.6 is 11.6 Å². The van der Waals surface area contributed by atoms with Crippen LogP contribution in [0.2, 0.25) is 0 Å². The summed E-state index contributed by atoms with van der Waals surface area (Å²) in [5.74, 6) is -1.13.